The van der Waals surface area contributed by atoms with Crippen LogP contribution in [0, 0.1) is 6.42 Å². The summed E-state index contributed by atoms with van der Waals surface area (Å²) in [6.45, 7) is 0. The van der Waals surface area contributed by atoms with E-state index in [0.717, 1.165) is 0 Å². The van der Waals surface area contributed by atoms with Crippen molar-refractivity contribution in [3.8, 4) is 0 Å². The number of rotatable bonds is 0. The normalized spacial score (nSPS) is 20.0. The second-order valence-corrected chi connectivity index (χ2v) is 3.34. The van der Waals surface area contributed by atoms with E-state index in [4.69, 9.17) is 0 Å². The Morgan fingerprint density at radius 3 is 1.33 bits per heavy atom. The van der Waals surface area contributed by atoms with Gasteiger partial charge in [0, 0.05) is 0 Å². The zero-order valence-corrected chi connectivity index (χ0v) is 11.0. The van der Waals surface area contributed by atoms with Gasteiger partial charge in [-0.2, -0.15) is 12.8 Å². The molecule has 0 aromatic heterocycles. The van der Waals surface area contributed by atoms with Gasteiger partial charge in [0.1, 0.15) is 0 Å². The van der Waals surface area contributed by atoms with Crippen LogP contribution < -0.4 is 17.0 Å². The van der Waals surface area contributed by atoms with Crippen molar-refractivity contribution in [3.63, 3.8) is 0 Å². The first-order chi connectivity index (χ1) is 5.00. The molecule has 0 aliphatic heterocycles. The van der Waals surface area contributed by atoms with Gasteiger partial charge in [0.2, 0.25) is 0 Å². The molecule has 2 heteroatoms. The van der Waals surface area contributed by atoms with E-state index < -0.39 is 0 Å². The summed E-state index contributed by atoms with van der Waals surface area (Å²) in [5.74, 6) is 0. The molecule has 1 rings (SSSR count). The first-order valence-electron chi connectivity index (χ1n) is 4.82. The summed E-state index contributed by atoms with van der Waals surface area (Å²) in [6, 6.07) is 0. The van der Waals surface area contributed by atoms with Crippen LogP contribution in [0.15, 0.2) is 0 Å². The fourth-order valence-corrected chi connectivity index (χ4v) is 1.61. The minimum Gasteiger partial charge on any atom is -1.00 e. The van der Waals surface area contributed by atoms with E-state index in [-0.39, 0.29) is 40.0 Å². The SMILES string of the molecule is [Br-].[CH-]1CCCCCCCCC1.[Mg+2]. The molecule has 1 fully saturated rings. The molecule has 0 radical (unpaired) electrons. The molecule has 0 nitrogen and oxygen atoms in total. The standard InChI is InChI=1S/C10H19.BrH.Mg/c1-2-4-6-8-10-9-7-5-3-1;;/h1H,2-10H2;1H;/q-1;;+2/p-1. The van der Waals surface area contributed by atoms with Gasteiger partial charge in [-0.15, -0.1) is 0 Å². The first kappa shape index (κ1) is 15.7. The van der Waals surface area contributed by atoms with Crippen molar-refractivity contribution < 1.29 is 17.0 Å². The zero-order valence-electron chi connectivity index (χ0n) is 8.03. The van der Waals surface area contributed by atoms with Crippen LogP contribution in [0.5, 0.6) is 0 Å². The Hall–Kier alpha value is 1.25. The average molecular weight is 243 g/mol. The molecule has 68 valence electrons. The summed E-state index contributed by atoms with van der Waals surface area (Å²) >= 11 is 0. The Labute approximate surface area is 104 Å². The molecule has 0 unspecified atom stereocenters. The van der Waals surface area contributed by atoms with Gasteiger partial charge in [0.05, 0.1) is 0 Å². The summed E-state index contributed by atoms with van der Waals surface area (Å²) < 4.78 is 0. The van der Waals surface area contributed by atoms with Gasteiger partial charge in [-0.05, 0) is 0 Å². The third kappa shape index (κ3) is 9.34. The molecule has 1 saturated carbocycles. The van der Waals surface area contributed by atoms with Crippen molar-refractivity contribution in [2.45, 2.75) is 57.8 Å². The fourth-order valence-electron chi connectivity index (χ4n) is 1.61. The monoisotopic (exact) mass is 242 g/mol. The maximum atomic E-state index is 2.48. The maximum Gasteiger partial charge on any atom is 2.00 e. The van der Waals surface area contributed by atoms with Gasteiger partial charge in [0.15, 0.2) is 0 Å². The van der Waals surface area contributed by atoms with Gasteiger partial charge in [-0.25, -0.2) is 0 Å². The number of hydrogen-bond acceptors (Lipinski definition) is 0. The topological polar surface area (TPSA) is 0 Å². The number of halogens is 1. The van der Waals surface area contributed by atoms with E-state index in [2.05, 4.69) is 6.42 Å². The van der Waals surface area contributed by atoms with E-state index >= 15 is 0 Å². The second kappa shape index (κ2) is 12.2. The predicted molar refractivity (Wildman–Crippen MR) is 51.6 cm³/mol. The molecular formula is C10H19BrMg. The molecule has 0 atom stereocenters. The molecule has 1 aliphatic carbocycles. The quantitative estimate of drug-likeness (QED) is 0.425. The van der Waals surface area contributed by atoms with Crippen molar-refractivity contribution in [2.24, 2.45) is 0 Å². The Morgan fingerprint density at radius 1 is 0.583 bits per heavy atom. The summed E-state index contributed by atoms with van der Waals surface area (Å²) in [4.78, 5) is 0. The molecule has 0 amide bonds. The minimum absolute atomic E-state index is 0. The molecule has 1 aliphatic rings. The maximum absolute atomic E-state index is 2.48. The van der Waals surface area contributed by atoms with Crippen molar-refractivity contribution in [3.05, 3.63) is 6.42 Å². The largest absolute Gasteiger partial charge is 2.00 e. The smallest absolute Gasteiger partial charge is 1.00 e. The van der Waals surface area contributed by atoms with Crippen LogP contribution in [0.1, 0.15) is 57.8 Å². The first-order valence-corrected chi connectivity index (χ1v) is 4.82. The van der Waals surface area contributed by atoms with Gasteiger partial charge >= 0.3 is 23.1 Å². The van der Waals surface area contributed by atoms with E-state index in [1.165, 1.54) is 57.8 Å². The second-order valence-electron chi connectivity index (χ2n) is 3.34. The third-order valence-electron chi connectivity index (χ3n) is 2.32. The van der Waals surface area contributed by atoms with Crippen LogP contribution in [0.3, 0.4) is 0 Å². The third-order valence-corrected chi connectivity index (χ3v) is 2.32. The Kier molecular flexibility index (Phi) is 16.0. The van der Waals surface area contributed by atoms with Gasteiger partial charge in [0.25, 0.3) is 0 Å². The molecule has 0 aromatic rings. The van der Waals surface area contributed by atoms with E-state index in [0.29, 0.717) is 0 Å². The van der Waals surface area contributed by atoms with Crippen LogP contribution in [-0.4, -0.2) is 23.1 Å². The number of hydrogen-bond donors (Lipinski definition) is 0. The average Bonchev–Trinajstić information content (AvgIpc) is 2.01. The van der Waals surface area contributed by atoms with Gasteiger partial charge in [-0.3, -0.25) is 0 Å². The van der Waals surface area contributed by atoms with Crippen LogP contribution in [0.2, 0.25) is 0 Å². The molecule has 0 bridgehead atoms. The van der Waals surface area contributed by atoms with Crippen molar-refractivity contribution in [1.29, 1.82) is 0 Å². The Bertz CT molecular complexity index is 43.0. The molecule has 0 N–H and O–H groups in total. The van der Waals surface area contributed by atoms with Crippen LogP contribution in [-0.2, 0) is 0 Å². The van der Waals surface area contributed by atoms with Gasteiger partial charge < -0.3 is 23.4 Å². The van der Waals surface area contributed by atoms with Crippen LogP contribution in [0.25, 0.3) is 0 Å². The molecule has 0 heterocycles. The Balaban J connectivity index is 0. The summed E-state index contributed by atoms with van der Waals surface area (Å²) in [5, 5.41) is 0. The van der Waals surface area contributed by atoms with Crippen molar-refractivity contribution in [2.75, 3.05) is 0 Å². The van der Waals surface area contributed by atoms with E-state index in [1.807, 2.05) is 0 Å². The van der Waals surface area contributed by atoms with E-state index in [1.54, 1.807) is 0 Å². The zero-order chi connectivity index (χ0) is 7.07. The van der Waals surface area contributed by atoms with Crippen molar-refractivity contribution in [1.82, 2.24) is 0 Å². The summed E-state index contributed by atoms with van der Waals surface area (Å²) in [7, 11) is 0. The molecular weight excluding hydrogens is 224 g/mol. The fraction of sp³-hybridized carbons (Fsp3) is 0.900. The minimum atomic E-state index is 0. The summed E-state index contributed by atoms with van der Waals surface area (Å²) in [5.41, 5.74) is 0. The summed E-state index contributed by atoms with van der Waals surface area (Å²) in [6.07, 6.45) is 15.5. The molecule has 0 saturated heterocycles. The Morgan fingerprint density at radius 2 is 0.917 bits per heavy atom. The van der Waals surface area contributed by atoms with Crippen molar-refractivity contribution >= 4 is 23.1 Å². The molecule has 0 spiro atoms. The van der Waals surface area contributed by atoms with Crippen LogP contribution >= 0.6 is 0 Å². The molecule has 0 aromatic carbocycles. The molecule has 12 heavy (non-hydrogen) atoms. The van der Waals surface area contributed by atoms with Gasteiger partial charge in [-0.1, -0.05) is 44.9 Å². The van der Waals surface area contributed by atoms with E-state index in [9.17, 15) is 0 Å². The van der Waals surface area contributed by atoms with Crippen LogP contribution in [0.4, 0.5) is 0 Å². The predicted octanol–water partition coefficient (Wildman–Crippen LogP) is 0.338.